The fourth-order valence-electron chi connectivity index (χ4n) is 2.85. The summed E-state index contributed by atoms with van der Waals surface area (Å²) < 4.78 is 0.941. The largest absolute Gasteiger partial charge is 0.387 e. The SMILES string of the molecule is NC(=O)CN(CC(O)c1cccc(Br)c1)C1CCCC1. The van der Waals surface area contributed by atoms with E-state index in [4.69, 9.17) is 5.73 Å². The van der Waals surface area contributed by atoms with Crippen molar-refractivity contribution in [2.75, 3.05) is 13.1 Å². The van der Waals surface area contributed by atoms with E-state index in [1.807, 2.05) is 29.2 Å². The van der Waals surface area contributed by atoms with Crippen LogP contribution in [-0.4, -0.2) is 35.0 Å². The zero-order valence-electron chi connectivity index (χ0n) is 11.5. The molecule has 1 atom stereocenters. The smallest absolute Gasteiger partial charge is 0.231 e. The van der Waals surface area contributed by atoms with Crippen LogP contribution in [0.5, 0.6) is 0 Å². The normalized spacial score (nSPS) is 17.6. The van der Waals surface area contributed by atoms with Crippen molar-refractivity contribution in [3.63, 3.8) is 0 Å². The lowest BCUT2D eigenvalue weighted by Gasteiger charge is -2.29. The Morgan fingerprint density at radius 2 is 2.15 bits per heavy atom. The maximum atomic E-state index is 11.2. The summed E-state index contributed by atoms with van der Waals surface area (Å²) in [6, 6.07) is 7.99. The Labute approximate surface area is 128 Å². The summed E-state index contributed by atoms with van der Waals surface area (Å²) >= 11 is 3.40. The lowest BCUT2D eigenvalue weighted by Crippen LogP contribution is -2.42. The van der Waals surface area contributed by atoms with E-state index < -0.39 is 6.10 Å². The van der Waals surface area contributed by atoms with E-state index in [9.17, 15) is 9.90 Å². The first-order valence-corrected chi connectivity index (χ1v) is 7.81. The summed E-state index contributed by atoms with van der Waals surface area (Å²) in [7, 11) is 0. The Hall–Kier alpha value is -0.910. The van der Waals surface area contributed by atoms with E-state index >= 15 is 0 Å². The third kappa shape index (κ3) is 4.30. The zero-order chi connectivity index (χ0) is 14.5. The summed E-state index contributed by atoms with van der Waals surface area (Å²) in [4.78, 5) is 13.3. The first-order valence-electron chi connectivity index (χ1n) is 7.02. The van der Waals surface area contributed by atoms with Gasteiger partial charge in [-0.1, -0.05) is 40.9 Å². The molecule has 20 heavy (non-hydrogen) atoms. The number of hydrogen-bond donors (Lipinski definition) is 2. The maximum absolute atomic E-state index is 11.2. The highest BCUT2D eigenvalue weighted by molar-refractivity contribution is 9.10. The number of carbonyl (C=O) groups is 1. The van der Waals surface area contributed by atoms with Gasteiger partial charge >= 0.3 is 0 Å². The lowest BCUT2D eigenvalue weighted by atomic mass is 10.1. The summed E-state index contributed by atoms with van der Waals surface area (Å²) in [5.41, 5.74) is 6.18. The molecule has 1 aliphatic rings. The van der Waals surface area contributed by atoms with Gasteiger partial charge in [-0.3, -0.25) is 9.69 Å². The molecule has 110 valence electrons. The number of nitrogens with zero attached hydrogens (tertiary/aromatic N) is 1. The molecule has 1 unspecified atom stereocenters. The topological polar surface area (TPSA) is 66.6 Å². The van der Waals surface area contributed by atoms with Crippen LogP contribution < -0.4 is 5.73 Å². The van der Waals surface area contributed by atoms with Gasteiger partial charge in [-0.05, 0) is 30.5 Å². The van der Waals surface area contributed by atoms with Gasteiger partial charge in [0.25, 0.3) is 0 Å². The predicted molar refractivity (Wildman–Crippen MR) is 82.1 cm³/mol. The van der Waals surface area contributed by atoms with Gasteiger partial charge in [0, 0.05) is 17.1 Å². The van der Waals surface area contributed by atoms with Crippen LogP contribution in [0.4, 0.5) is 0 Å². The Morgan fingerprint density at radius 3 is 2.75 bits per heavy atom. The van der Waals surface area contributed by atoms with Crippen molar-refractivity contribution in [1.82, 2.24) is 4.90 Å². The summed E-state index contributed by atoms with van der Waals surface area (Å²) in [5.74, 6) is -0.335. The van der Waals surface area contributed by atoms with Crippen LogP contribution in [0.3, 0.4) is 0 Å². The highest BCUT2D eigenvalue weighted by Gasteiger charge is 2.26. The second-order valence-corrected chi connectivity index (χ2v) is 6.32. The number of nitrogens with two attached hydrogens (primary N) is 1. The standard InChI is InChI=1S/C15H21BrN2O2/c16-12-5-3-4-11(8-12)14(19)9-18(10-15(17)20)13-6-1-2-7-13/h3-5,8,13-14,19H,1-2,6-7,9-10H2,(H2,17,20). The number of aliphatic hydroxyl groups is 1. The monoisotopic (exact) mass is 340 g/mol. The third-order valence-electron chi connectivity index (χ3n) is 3.84. The molecule has 2 rings (SSSR count). The molecule has 0 spiro atoms. The van der Waals surface area contributed by atoms with Crippen molar-refractivity contribution in [2.45, 2.75) is 37.8 Å². The van der Waals surface area contributed by atoms with Gasteiger partial charge in [0.1, 0.15) is 0 Å². The van der Waals surface area contributed by atoms with Crippen molar-refractivity contribution in [3.05, 3.63) is 34.3 Å². The molecule has 1 amide bonds. The average molecular weight is 341 g/mol. The van der Waals surface area contributed by atoms with Crippen LogP contribution in [0.15, 0.2) is 28.7 Å². The van der Waals surface area contributed by atoms with Gasteiger partial charge in [-0.15, -0.1) is 0 Å². The number of benzene rings is 1. The van der Waals surface area contributed by atoms with Gasteiger partial charge in [0.2, 0.25) is 5.91 Å². The van der Waals surface area contributed by atoms with E-state index in [0.29, 0.717) is 12.6 Å². The van der Waals surface area contributed by atoms with Crippen molar-refractivity contribution in [1.29, 1.82) is 0 Å². The van der Waals surface area contributed by atoms with Gasteiger partial charge in [0.15, 0.2) is 0 Å². The third-order valence-corrected chi connectivity index (χ3v) is 4.33. The predicted octanol–water partition coefficient (Wildman–Crippen LogP) is 2.21. The van der Waals surface area contributed by atoms with Gasteiger partial charge in [-0.2, -0.15) is 0 Å². The Bertz CT molecular complexity index is 461. The molecular formula is C15H21BrN2O2. The maximum Gasteiger partial charge on any atom is 0.231 e. The minimum Gasteiger partial charge on any atom is -0.387 e. The van der Waals surface area contributed by atoms with Crippen LogP contribution in [-0.2, 0) is 4.79 Å². The van der Waals surface area contributed by atoms with Crippen LogP contribution in [0.25, 0.3) is 0 Å². The molecular weight excluding hydrogens is 320 g/mol. The van der Waals surface area contributed by atoms with E-state index in [-0.39, 0.29) is 12.5 Å². The fourth-order valence-corrected chi connectivity index (χ4v) is 3.27. The van der Waals surface area contributed by atoms with Crippen molar-refractivity contribution in [2.24, 2.45) is 5.73 Å². The van der Waals surface area contributed by atoms with Crippen molar-refractivity contribution in [3.8, 4) is 0 Å². The van der Waals surface area contributed by atoms with Crippen LogP contribution in [0.2, 0.25) is 0 Å². The van der Waals surface area contributed by atoms with Crippen LogP contribution in [0.1, 0.15) is 37.4 Å². The second-order valence-electron chi connectivity index (χ2n) is 5.40. The summed E-state index contributed by atoms with van der Waals surface area (Å²) in [6.07, 6.45) is 3.93. The molecule has 0 bridgehead atoms. The zero-order valence-corrected chi connectivity index (χ0v) is 13.1. The molecule has 0 saturated heterocycles. The Kier molecular flexibility index (Phi) is 5.57. The van der Waals surface area contributed by atoms with Gasteiger partial charge in [-0.25, -0.2) is 0 Å². The average Bonchev–Trinajstić information content (AvgIpc) is 2.91. The van der Waals surface area contributed by atoms with Crippen LogP contribution >= 0.6 is 15.9 Å². The fraction of sp³-hybridized carbons (Fsp3) is 0.533. The van der Waals surface area contributed by atoms with Gasteiger partial charge in [0.05, 0.1) is 12.6 Å². The molecule has 1 aliphatic carbocycles. The number of aliphatic hydroxyl groups excluding tert-OH is 1. The molecule has 4 nitrogen and oxygen atoms in total. The van der Waals surface area contributed by atoms with Gasteiger partial charge < -0.3 is 10.8 Å². The summed E-state index contributed by atoms with van der Waals surface area (Å²) in [5, 5.41) is 10.4. The highest BCUT2D eigenvalue weighted by atomic mass is 79.9. The first-order chi connectivity index (χ1) is 9.56. The molecule has 1 saturated carbocycles. The van der Waals surface area contributed by atoms with Crippen molar-refractivity contribution < 1.29 is 9.90 Å². The number of primary amides is 1. The first kappa shape index (κ1) is 15.5. The molecule has 0 aromatic heterocycles. The lowest BCUT2D eigenvalue weighted by molar-refractivity contribution is -0.120. The molecule has 3 N–H and O–H groups in total. The molecule has 5 heteroatoms. The molecule has 0 heterocycles. The number of halogens is 1. The number of hydrogen-bond acceptors (Lipinski definition) is 3. The number of amides is 1. The Balaban J connectivity index is 2.04. The highest BCUT2D eigenvalue weighted by Crippen LogP contribution is 2.26. The quantitative estimate of drug-likeness (QED) is 0.834. The minimum absolute atomic E-state index is 0.218. The number of rotatable bonds is 6. The van der Waals surface area contributed by atoms with E-state index in [2.05, 4.69) is 15.9 Å². The van der Waals surface area contributed by atoms with Crippen molar-refractivity contribution >= 4 is 21.8 Å². The molecule has 1 fully saturated rings. The second kappa shape index (κ2) is 7.20. The minimum atomic E-state index is -0.604. The number of carbonyl (C=O) groups excluding carboxylic acids is 1. The van der Waals surface area contributed by atoms with E-state index in [0.717, 1.165) is 22.9 Å². The molecule has 1 aromatic rings. The van der Waals surface area contributed by atoms with E-state index in [1.54, 1.807) is 0 Å². The van der Waals surface area contributed by atoms with E-state index in [1.165, 1.54) is 12.8 Å². The molecule has 0 aliphatic heterocycles. The summed E-state index contributed by atoms with van der Waals surface area (Å²) in [6.45, 7) is 0.666. The molecule has 1 aromatic carbocycles. The Morgan fingerprint density at radius 1 is 1.45 bits per heavy atom. The van der Waals surface area contributed by atoms with Crippen LogP contribution in [0, 0.1) is 0 Å². The molecule has 0 radical (unpaired) electrons.